The van der Waals surface area contributed by atoms with Gasteiger partial charge in [0.05, 0.1) is 17.9 Å². The van der Waals surface area contributed by atoms with Crippen LogP contribution in [0.15, 0.2) is 24.3 Å². The molecule has 1 aromatic carbocycles. The van der Waals surface area contributed by atoms with Crippen LogP contribution in [0.4, 0.5) is 20.7 Å². The summed E-state index contributed by atoms with van der Waals surface area (Å²) in [6, 6.07) is 6.21. The van der Waals surface area contributed by atoms with Gasteiger partial charge in [-0.3, -0.25) is 5.32 Å². The molecular formula is C17H21N5O3S. The lowest BCUT2D eigenvalue weighted by Crippen LogP contribution is -2.29. The van der Waals surface area contributed by atoms with Crippen LogP contribution >= 0.6 is 11.3 Å². The highest BCUT2D eigenvalue weighted by atomic mass is 32.1. The van der Waals surface area contributed by atoms with E-state index in [9.17, 15) is 9.59 Å². The normalized spacial score (nSPS) is 14.0. The Balaban J connectivity index is 1.63. The van der Waals surface area contributed by atoms with Crippen molar-refractivity contribution in [1.29, 1.82) is 0 Å². The molecule has 0 bridgehead atoms. The van der Waals surface area contributed by atoms with E-state index in [1.165, 1.54) is 17.8 Å². The van der Waals surface area contributed by atoms with Crippen molar-refractivity contribution in [1.82, 2.24) is 10.2 Å². The molecule has 0 saturated carbocycles. The first-order valence-electron chi connectivity index (χ1n) is 8.60. The summed E-state index contributed by atoms with van der Waals surface area (Å²) in [5.41, 5.74) is 0.681. The van der Waals surface area contributed by atoms with Crippen molar-refractivity contribution in [3.05, 3.63) is 29.8 Å². The van der Waals surface area contributed by atoms with Gasteiger partial charge >= 0.3 is 12.0 Å². The zero-order chi connectivity index (χ0) is 18.4. The summed E-state index contributed by atoms with van der Waals surface area (Å²) in [7, 11) is 0. The third-order valence-corrected chi connectivity index (χ3v) is 4.83. The molecule has 0 atom stereocenters. The highest BCUT2D eigenvalue weighted by Crippen LogP contribution is 2.26. The molecule has 9 heteroatoms. The molecule has 138 valence electrons. The highest BCUT2D eigenvalue weighted by Gasteiger charge is 2.18. The van der Waals surface area contributed by atoms with Crippen molar-refractivity contribution in [3.8, 4) is 0 Å². The zero-order valence-corrected chi connectivity index (χ0v) is 15.3. The monoisotopic (exact) mass is 375 g/mol. The summed E-state index contributed by atoms with van der Waals surface area (Å²) in [4.78, 5) is 26.4. The molecule has 26 heavy (non-hydrogen) atoms. The second-order valence-corrected chi connectivity index (χ2v) is 6.74. The highest BCUT2D eigenvalue weighted by molar-refractivity contribution is 7.19. The lowest BCUT2D eigenvalue weighted by Gasteiger charge is -2.25. The molecule has 1 aromatic heterocycles. The summed E-state index contributed by atoms with van der Waals surface area (Å²) in [5.74, 6) is -0.480. The standard InChI is InChI=1S/C17H21N5O3S/c1-2-25-14(23)12-8-4-5-9-13(12)18-15(24)19-16-20-21-17(26-16)22-10-6-3-7-11-22/h4-5,8-9H,2-3,6-7,10-11H2,1H3,(H2,18,19,20,24). The van der Waals surface area contributed by atoms with Gasteiger partial charge in [-0.05, 0) is 38.3 Å². The van der Waals surface area contributed by atoms with Crippen LogP contribution in [0, 0.1) is 0 Å². The molecule has 0 aliphatic carbocycles. The predicted molar refractivity (Wildman–Crippen MR) is 101 cm³/mol. The number of nitrogens with zero attached hydrogens (tertiary/aromatic N) is 3. The number of para-hydroxylation sites is 1. The average molecular weight is 375 g/mol. The number of hydrogen-bond donors (Lipinski definition) is 2. The van der Waals surface area contributed by atoms with E-state index in [0.29, 0.717) is 16.4 Å². The number of hydrogen-bond acceptors (Lipinski definition) is 7. The Labute approximate surface area is 155 Å². The molecule has 1 saturated heterocycles. The first-order valence-corrected chi connectivity index (χ1v) is 9.41. The smallest absolute Gasteiger partial charge is 0.340 e. The van der Waals surface area contributed by atoms with Crippen molar-refractivity contribution in [2.45, 2.75) is 26.2 Å². The number of urea groups is 1. The molecule has 3 rings (SSSR count). The maximum atomic E-state index is 12.3. The second-order valence-electron chi connectivity index (χ2n) is 5.78. The molecule has 0 unspecified atom stereocenters. The maximum absolute atomic E-state index is 12.3. The van der Waals surface area contributed by atoms with Gasteiger partial charge in [0.1, 0.15) is 0 Å². The Morgan fingerprint density at radius 1 is 1.15 bits per heavy atom. The Bertz CT molecular complexity index is 773. The van der Waals surface area contributed by atoms with Crippen LogP contribution < -0.4 is 15.5 Å². The van der Waals surface area contributed by atoms with Gasteiger partial charge in [-0.1, -0.05) is 23.5 Å². The van der Waals surface area contributed by atoms with Crippen LogP contribution in [0.3, 0.4) is 0 Å². The van der Waals surface area contributed by atoms with Crippen molar-refractivity contribution in [3.63, 3.8) is 0 Å². The maximum Gasteiger partial charge on any atom is 0.340 e. The van der Waals surface area contributed by atoms with Gasteiger partial charge in [-0.2, -0.15) is 0 Å². The molecular weight excluding hydrogens is 354 g/mol. The molecule has 1 aliphatic heterocycles. The fourth-order valence-corrected chi connectivity index (χ4v) is 3.50. The molecule has 2 heterocycles. The Hall–Kier alpha value is -2.68. The van der Waals surface area contributed by atoms with Crippen molar-refractivity contribution in [2.24, 2.45) is 0 Å². The number of carbonyl (C=O) groups excluding carboxylic acids is 2. The zero-order valence-electron chi connectivity index (χ0n) is 14.5. The molecule has 2 N–H and O–H groups in total. The van der Waals surface area contributed by atoms with Crippen molar-refractivity contribution in [2.75, 3.05) is 35.2 Å². The minimum atomic E-state index is -0.483. The van der Waals surface area contributed by atoms with Gasteiger partial charge in [-0.25, -0.2) is 9.59 Å². The number of esters is 1. The molecule has 8 nitrogen and oxygen atoms in total. The van der Waals surface area contributed by atoms with E-state index in [4.69, 9.17) is 4.74 Å². The molecule has 0 radical (unpaired) electrons. The van der Waals surface area contributed by atoms with E-state index in [1.54, 1.807) is 31.2 Å². The second kappa shape index (κ2) is 8.61. The summed E-state index contributed by atoms with van der Waals surface area (Å²) >= 11 is 1.34. The van der Waals surface area contributed by atoms with Gasteiger partial charge < -0.3 is 15.0 Å². The van der Waals surface area contributed by atoms with E-state index in [0.717, 1.165) is 31.1 Å². The predicted octanol–water partition coefficient (Wildman–Crippen LogP) is 3.35. The van der Waals surface area contributed by atoms with E-state index in [1.807, 2.05) is 0 Å². The van der Waals surface area contributed by atoms with E-state index >= 15 is 0 Å². The molecule has 0 spiro atoms. The molecule has 1 aliphatic rings. The number of anilines is 3. The lowest BCUT2D eigenvalue weighted by atomic mass is 10.1. The van der Waals surface area contributed by atoms with Crippen LogP contribution in [0.1, 0.15) is 36.5 Å². The quantitative estimate of drug-likeness (QED) is 0.778. The first-order chi connectivity index (χ1) is 12.7. The van der Waals surface area contributed by atoms with Gasteiger partial charge in [-0.15, -0.1) is 10.2 Å². The molecule has 2 amide bonds. The average Bonchev–Trinajstić information content (AvgIpc) is 3.11. The van der Waals surface area contributed by atoms with Crippen LogP contribution in [0.5, 0.6) is 0 Å². The van der Waals surface area contributed by atoms with E-state index < -0.39 is 12.0 Å². The number of piperidine rings is 1. The number of rotatable bonds is 5. The summed E-state index contributed by atoms with van der Waals surface area (Å²) in [6.45, 7) is 3.93. The van der Waals surface area contributed by atoms with Crippen LogP contribution in [0.2, 0.25) is 0 Å². The fourth-order valence-electron chi connectivity index (χ4n) is 2.71. The number of amides is 2. The SMILES string of the molecule is CCOC(=O)c1ccccc1NC(=O)Nc1nnc(N2CCCCC2)s1. The third-order valence-electron chi connectivity index (χ3n) is 3.93. The van der Waals surface area contributed by atoms with Crippen molar-refractivity contribution >= 4 is 39.3 Å². The van der Waals surface area contributed by atoms with Crippen LogP contribution in [0.25, 0.3) is 0 Å². The minimum absolute atomic E-state index is 0.267. The van der Waals surface area contributed by atoms with Gasteiger partial charge in [0.2, 0.25) is 10.3 Å². The van der Waals surface area contributed by atoms with Crippen LogP contribution in [-0.2, 0) is 4.74 Å². The van der Waals surface area contributed by atoms with E-state index in [-0.39, 0.29) is 6.61 Å². The summed E-state index contributed by atoms with van der Waals surface area (Å²) in [6.07, 6.45) is 3.53. The van der Waals surface area contributed by atoms with Crippen LogP contribution in [-0.4, -0.2) is 41.9 Å². The summed E-state index contributed by atoms with van der Waals surface area (Å²) < 4.78 is 5.00. The molecule has 1 fully saturated rings. The Morgan fingerprint density at radius 3 is 2.69 bits per heavy atom. The summed E-state index contributed by atoms with van der Waals surface area (Å²) in [5, 5.41) is 14.7. The minimum Gasteiger partial charge on any atom is -0.462 e. The number of carbonyl (C=O) groups is 2. The third kappa shape index (κ3) is 4.48. The molecule has 2 aromatic rings. The number of ether oxygens (including phenoxy) is 1. The Kier molecular flexibility index (Phi) is 6.00. The van der Waals surface area contributed by atoms with Gasteiger partial charge in [0.25, 0.3) is 0 Å². The fraction of sp³-hybridized carbons (Fsp3) is 0.412. The number of nitrogens with one attached hydrogen (secondary N) is 2. The lowest BCUT2D eigenvalue weighted by molar-refractivity contribution is 0.0527. The van der Waals surface area contributed by atoms with Gasteiger partial charge in [0.15, 0.2) is 0 Å². The van der Waals surface area contributed by atoms with E-state index in [2.05, 4.69) is 25.7 Å². The Morgan fingerprint density at radius 2 is 1.92 bits per heavy atom. The first kappa shape index (κ1) is 18.1. The number of aromatic nitrogens is 2. The number of benzene rings is 1. The van der Waals surface area contributed by atoms with Gasteiger partial charge in [0, 0.05) is 13.1 Å². The largest absolute Gasteiger partial charge is 0.462 e. The van der Waals surface area contributed by atoms with Crippen molar-refractivity contribution < 1.29 is 14.3 Å². The topological polar surface area (TPSA) is 96.4 Å².